The maximum absolute atomic E-state index is 13.1. The number of rotatable bonds is 7. The Balaban J connectivity index is 1.61. The van der Waals surface area contributed by atoms with Crippen molar-refractivity contribution in [2.24, 2.45) is 0 Å². The summed E-state index contributed by atoms with van der Waals surface area (Å²) in [4.78, 5) is 31.8. The van der Waals surface area contributed by atoms with E-state index in [2.05, 4.69) is 29.0 Å². The van der Waals surface area contributed by atoms with Crippen LogP contribution in [0, 0.1) is 6.92 Å². The number of aryl methyl sites for hydroxylation is 1. The molecule has 2 aliphatic rings. The second kappa shape index (κ2) is 9.85. The van der Waals surface area contributed by atoms with E-state index in [0.717, 1.165) is 24.1 Å². The Bertz CT molecular complexity index is 1030. The molecule has 1 aliphatic heterocycles. The Labute approximate surface area is 194 Å². The summed E-state index contributed by atoms with van der Waals surface area (Å²) in [6.45, 7) is 7.25. The lowest BCUT2D eigenvalue weighted by Crippen LogP contribution is -2.52. The first-order valence-corrected chi connectivity index (χ1v) is 11.3. The minimum absolute atomic E-state index is 0.00832. The fraction of sp³-hybridized carbons (Fsp3) is 0.423. The van der Waals surface area contributed by atoms with Gasteiger partial charge in [0.05, 0.1) is 18.8 Å². The van der Waals surface area contributed by atoms with Crippen LogP contribution in [0.1, 0.15) is 46.2 Å². The van der Waals surface area contributed by atoms with Crippen molar-refractivity contribution in [1.82, 2.24) is 15.2 Å². The third-order valence-electron chi connectivity index (χ3n) is 6.72. The highest BCUT2D eigenvalue weighted by Crippen LogP contribution is 2.52. The number of piperidine rings is 1. The minimum atomic E-state index is -0.304. The Kier molecular flexibility index (Phi) is 6.91. The van der Waals surface area contributed by atoms with E-state index in [1.165, 1.54) is 12.7 Å². The number of aromatic nitrogens is 1. The minimum Gasteiger partial charge on any atom is -0.375 e. The molecule has 174 valence electrons. The van der Waals surface area contributed by atoms with Gasteiger partial charge in [-0.2, -0.15) is 0 Å². The maximum atomic E-state index is 13.1. The van der Waals surface area contributed by atoms with E-state index >= 15 is 0 Å². The Morgan fingerprint density at radius 2 is 1.97 bits per heavy atom. The summed E-state index contributed by atoms with van der Waals surface area (Å²) in [5.41, 5.74) is 3.24. The van der Waals surface area contributed by atoms with Crippen molar-refractivity contribution >= 4 is 11.8 Å². The van der Waals surface area contributed by atoms with E-state index in [4.69, 9.17) is 9.47 Å². The molecule has 0 radical (unpaired) electrons. The highest BCUT2D eigenvalue weighted by atomic mass is 16.5. The standard InChI is InChI=1S/C26H31N3O4/c1-4-16-33-24-23(28-22(30)17-32-3)19-9-5-6-10-20(19)26(24)12-14-29(15-13-26)25(31)21-11-7-8-18(2)27-21/h4-11,23-24H,1,12-17H2,2-3H3,(H,28,30)/t23-,24+/m1/s1. The first-order chi connectivity index (χ1) is 16.0. The SMILES string of the molecule is C=CCO[C@H]1[C@H](NC(=O)COC)c2ccccc2C12CCN(C(=O)c1cccc(C)n1)CC2. The van der Waals surface area contributed by atoms with Gasteiger partial charge in [0.15, 0.2) is 0 Å². The predicted octanol–water partition coefficient (Wildman–Crippen LogP) is 2.95. The molecular weight excluding hydrogens is 418 g/mol. The van der Waals surface area contributed by atoms with Crippen LogP contribution in [-0.4, -0.2) is 61.2 Å². The molecule has 1 saturated heterocycles. The van der Waals surface area contributed by atoms with Crippen molar-refractivity contribution in [3.05, 3.63) is 77.6 Å². The molecule has 0 bridgehead atoms. The van der Waals surface area contributed by atoms with Crippen LogP contribution in [0.3, 0.4) is 0 Å². The van der Waals surface area contributed by atoms with Crippen molar-refractivity contribution in [3.8, 4) is 0 Å². The summed E-state index contributed by atoms with van der Waals surface area (Å²) in [6.07, 6.45) is 2.94. The summed E-state index contributed by atoms with van der Waals surface area (Å²) < 4.78 is 11.4. The van der Waals surface area contributed by atoms with Crippen molar-refractivity contribution in [2.75, 3.05) is 33.4 Å². The zero-order valence-electron chi connectivity index (χ0n) is 19.3. The van der Waals surface area contributed by atoms with E-state index in [1.807, 2.05) is 36.1 Å². The van der Waals surface area contributed by atoms with Crippen LogP contribution >= 0.6 is 0 Å². The van der Waals surface area contributed by atoms with Gasteiger partial charge in [-0.3, -0.25) is 9.59 Å². The first kappa shape index (κ1) is 23.1. The average molecular weight is 450 g/mol. The number of pyridine rings is 1. The fourth-order valence-corrected chi connectivity index (χ4v) is 5.27. The maximum Gasteiger partial charge on any atom is 0.272 e. The van der Waals surface area contributed by atoms with Crippen molar-refractivity contribution in [1.29, 1.82) is 0 Å². The number of hydrogen-bond donors (Lipinski definition) is 1. The fourth-order valence-electron chi connectivity index (χ4n) is 5.27. The number of nitrogens with zero attached hydrogens (tertiary/aromatic N) is 2. The van der Waals surface area contributed by atoms with Crippen LogP contribution in [0.5, 0.6) is 0 Å². The Morgan fingerprint density at radius 1 is 1.21 bits per heavy atom. The lowest BCUT2D eigenvalue weighted by atomic mass is 9.71. The second-order valence-corrected chi connectivity index (χ2v) is 8.72. The third kappa shape index (κ3) is 4.43. The van der Waals surface area contributed by atoms with Gasteiger partial charge in [-0.05, 0) is 43.0 Å². The summed E-state index contributed by atoms with van der Waals surface area (Å²) >= 11 is 0. The molecule has 7 heteroatoms. The van der Waals surface area contributed by atoms with E-state index < -0.39 is 0 Å². The second-order valence-electron chi connectivity index (χ2n) is 8.72. The van der Waals surface area contributed by atoms with Crippen LogP contribution in [0.15, 0.2) is 55.1 Å². The van der Waals surface area contributed by atoms with E-state index in [9.17, 15) is 9.59 Å². The number of ether oxygens (including phenoxy) is 2. The summed E-state index contributed by atoms with van der Waals surface area (Å²) in [5, 5.41) is 3.12. The Morgan fingerprint density at radius 3 is 2.67 bits per heavy atom. The summed E-state index contributed by atoms with van der Waals surface area (Å²) in [5.74, 6) is -0.229. The molecule has 1 N–H and O–H groups in total. The van der Waals surface area contributed by atoms with Gasteiger partial charge >= 0.3 is 0 Å². The Hall–Kier alpha value is -3.03. The predicted molar refractivity (Wildman–Crippen MR) is 125 cm³/mol. The lowest BCUT2D eigenvalue weighted by Gasteiger charge is -2.44. The van der Waals surface area contributed by atoms with Crippen LogP contribution in [0.25, 0.3) is 0 Å². The van der Waals surface area contributed by atoms with Crippen LogP contribution < -0.4 is 5.32 Å². The molecule has 2 atom stereocenters. The topological polar surface area (TPSA) is 80.8 Å². The molecule has 7 nitrogen and oxygen atoms in total. The number of nitrogens with one attached hydrogen (secondary N) is 1. The molecular formula is C26H31N3O4. The first-order valence-electron chi connectivity index (χ1n) is 11.3. The highest BCUT2D eigenvalue weighted by molar-refractivity contribution is 5.92. The molecule has 33 heavy (non-hydrogen) atoms. The van der Waals surface area contributed by atoms with Crippen LogP contribution in [0.2, 0.25) is 0 Å². The van der Waals surface area contributed by atoms with E-state index in [-0.39, 0.29) is 36.0 Å². The molecule has 0 saturated carbocycles. The third-order valence-corrected chi connectivity index (χ3v) is 6.72. The van der Waals surface area contributed by atoms with Gasteiger partial charge in [0.25, 0.3) is 5.91 Å². The molecule has 4 rings (SSSR count). The molecule has 1 aromatic carbocycles. The molecule has 2 aromatic rings. The molecule has 1 aliphatic carbocycles. The number of carbonyl (C=O) groups is 2. The number of methoxy groups -OCH3 is 1. The van der Waals surface area contributed by atoms with Gasteiger partial charge in [-0.15, -0.1) is 6.58 Å². The van der Waals surface area contributed by atoms with E-state index in [0.29, 0.717) is 25.4 Å². The van der Waals surface area contributed by atoms with Gasteiger partial charge < -0.3 is 19.7 Å². The largest absolute Gasteiger partial charge is 0.375 e. The number of carbonyl (C=O) groups excluding carboxylic acids is 2. The molecule has 1 spiro atoms. The quantitative estimate of drug-likeness (QED) is 0.658. The van der Waals surface area contributed by atoms with Gasteiger partial charge in [0, 0.05) is 31.3 Å². The zero-order chi connectivity index (χ0) is 23.4. The number of benzene rings is 1. The van der Waals surface area contributed by atoms with Gasteiger partial charge in [-0.25, -0.2) is 4.98 Å². The monoisotopic (exact) mass is 449 g/mol. The van der Waals surface area contributed by atoms with Crippen molar-refractivity contribution in [2.45, 2.75) is 37.3 Å². The van der Waals surface area contributed by atoms with Gasteiger partial charge in [0.1, 0.15) is 12.3 Å². The van der Waals surface area contributed by atoms with Gasteiger partial charge in [0.2, 0.25) is 5.91 Å². The van der Waals surface area contributed by atoms with Crippen LogP contribution in [0.4, 0.5) is 0 Å². The van der Waals surface area contributed by atoms with Crippen molar-refractivity contribution in [3.63, 3.8) is 0 Å². The van der Waals surface area contributed by atoms with Crippen molar-refractivity contribution < 1.29 is 19.1 Å². The van der Waals surface area contributed by atoms with Gasteiger partial charge in [-0.1, -0.05) is 36.4 Å². The average Bonchev–Trinajstić information content (AvgIpc) is 3.06. The van der Waals surface area contributed by atoms with E-state index in [1.54, 1.807) is 12.1 Å². The molecule has 2 heterocycles. The zero-order valence-corrected chi connectivity index (χ0v) is 19.3. The smallest absolute Gasteiger partial charge is 0.272 e. The lowest BCUT2D eigenvalue weighted by molar-refractivity contribution is -0.127. The number of likely N-dealkylation sites (tertiary alicyclic amines) is 1. The molecule has 0 unspecified atom stereocenters. The summed E-state index contributed by atoms with van der Waals surface area (Å²) in [6, 6.07) is 13.4. The normalized spacial score (nSPS) is 21.0. The number of hydrogen-bond acceptors (Lipinski definition) is 5. The highest BCUT2D eigenvalue weighted by Gasteiger charge is 2.54. The number of amides is 2. The molecule has 1 fully saturated rings. The number of fused-ring (bicyclic) bond motifs is 2. The van der Waals surface area contributed by atoms with Crippen LogP contribution in [-0.2, 0) is 19.7 Å². The molecule has 2 amide bonds. The summed E-state index contributed by atoms with van der Waals surface area (Å²) in [7, 11) is 1.51. The molecule has 1 aromatic heterocycles.